The van der Waals surface area contributed by atoms with E-state index >= 15 is 0 Å². The van der Waals surface area contributed by atoms with Gasteiger partial charge in [0.15, 0.2) is 0 Å². The quantitative estimate of drug-likeness (QED) is 0.693. The number of rotatable bonds is 0. The largest absolute Gasteiger partial charge is 0.345 e. The predicted molar refractivity (Wildman–Crippen MR) is 83.5 cm³/mol. The van der Waals surface area contributed by atoms with Crippen molar-refractivity contribution in [1.82, 2.24) is 14.9 Å². The minimum absolute atomic E-state index is 0.186. The molecule has 0 saturated carbocycles. The van der Waals surface area contributed by atoms with Crippen molar-refractivity contribution in [1.29, 1.82) is 0 Å². The molecule has 108 valence electrons. The van der Waals surface area contributed by atoms with Gasteiger partial charge in [0.1, 0.15) is 5.82 Å². The lowest BCUT2D eigenvalue weighted by Gasteiger charge is -2.12. The highest BCUT2D eigenvalue weighted by atomic mass is 35.5. The zero-order chi connectivity index (χ0) is 15.3. The normalized spacial score (nSPS) is 13.2. The third kappa shape index (κ3) is 1.83. The number of carbonyl (C=O) groups is 1. The molecule has 22 heavy (non-hydrogen) atoms. The first kappa shape index (κ1) is 13.0. The van der Waals surface area contributed by atoms with Gasteiger partial charge in [0.05, 0.1) is 28.7 Å². The molecule has 0 atom stereocenters. The van der Waals surface area contributed by atoms with Gasteiger partial charge < -0.3 is 5.32 Å². The number of nitrogens with zero attached hydrogens (tertiary/aromatic N) is 2. The van der Waals surface area contributed by atoms with Crippen LogP contribution in [0, 0.1) is 0 Å². The Hall–Kier alpha value is -2.66. The van der Waals surface area contributed by atoms with Crippen molar-refractivity contribution in [2.75, 3.05) is 0 Å². The summed E-state index contributed by atoms with van der Waals surface area (Å²) in [6.45, 7) is 0.186. The number of fused-ring (bicyclic) bond motifs is 4. The number of hydrogen-bond acceptors (Lipinski definition) is 3. The molecule has 1 aliphatic rings. The summed E-state index contributed by atoms with van der Waals surface area (Å²) in [5.41, 5.74) is 1.27. The number of aromatic nitrogens is 2. The van der Waals surface area contributed by atoms with Gasteiger partial charge in [-0.15, -0.1) is 0 Å². The molecule has 1 amide bonds. The van der Waals surface area contributed by atoms with Crippen molar-refractivity contribution in [3.05, 3.63) is 69.2 Å². The number of hydrogen-bond donors (Lipinski definition) is 1. The van der Waals surface area contributed by atoms with E-state index < -0.39 is 0 Å². The van der Waals surface area contributed by atoms with Crippen molar-refractivity contribution in [3.63, 3.8) is 0 Å². The summed E-state index contributed by atoms with van der Waals surface area (Å²) in [7, 11) is 0. The number of amides is 1. The second-order valence-electron chi connectivity index (χ2n) is 5.03. The van der Waals surface area contributed by atoms with Crippen LogP contribution in [0.5, 0.6) is 0 Å². The van der Waals surface area contributed by atoms with E-state index in [1.165, 1.54) is 4.57 Å². The first-order valence-electron chi connectivity index (χ1n) is 6.74. The average molecular weight is 312 g/mol. The Balaban J connectivity index is 2.17. The fraction of sp³-hybridized carbons (Fsp3) is 0.0625. The SMILES string of the molecule is O=C1NCc2nc3ccccc3c(=O)n2-c2cc(Cl)ccc21. The summed E-state index contributed by atoms with van der Waals surface area (Å²) >= 11 is 6.05. The van der Waals surface area contributed by atoms with Crippen LogP contribution < -0.4 is 10.9 Å². The third-order valence-corrected chi connectivity index (χ3v) is 3.93. The number of halogens is 1. The standard InChI is InChI=1S/C16H10ClN3O2/c17-9-5-6-11-13(7-9)20-14(8-18-15(11)21)19-12-4-2-1-3-10(12)16(20)22/h1-7H,8H2,(H,18,21). The molecular weight excluding hydrogens is 302 g/mol. The van der Waals surface area contributed by atoms with E-state index in [1.54, 1.807) is 36.4 Å². The smallest absolute Gasteiger partial charge is 0.266 e. The van der Waals surface area contributed by atoms with Crippen LogP contribution in [-0.4, -0.2) is 15.5 Å². The van der Waals surface area contributed by atoms with Crippen LogP contribution in [0.1, 0.15) is 16.2 Å². The maximum absolute atomic E-state index is 12.8. The Bertz CT molecular complexity index is 994. The first-order valence-corrected chi connectivity index (χ1v) is 7.12. The van der Waals surface area contributed by atoms with E-state index in [1.807, 2.05) is 6.07 Å². The van der Waals surface area contributed by atoms with Crippen LogP contribution in [0.4, 0.5) is 0 Å². The van der Waals surface area contributed by atoms with Gasteiger partial charge in [0, 0.05) is 5.02 Å². The van der Waals surface area contributed by atoms with E-state index in [4.69, 9.17) is 11.6 Å². The first-order chi connectivity index (χ1) is 10.6. The lowest BCUT2D eigenvalue weighted by molar-refractivity contribution is 0.0952. The summed E-state index contributed by atoms with van der Waals surface area (Å²) in [5, 5.41) is 3.73. The van der Waals surface area contributed by atoms with Crippen molar-refractivity contribution in [3.8, 4) is 5.69 Å². The molecule has 0 aliphatic carbocycles. The summed E-state index contributed by atoms with van der Waals surface area (Å²) in [6, 6.07) is 12.0. The molecule has 5 nitrogen and oxygen atoms in total. The van der Waals surface area contributed by atoms with Crippen molar-refractivity contribution in [2.45, 2.75) is 6.54 Å². The zero-order valence-electron chi connectivity index (χ0n) is 11.3. The number of carbonyl (C=O) groups excluding carboxylic acids is 1. The molecule has 0 bridgehead atoms. The highest BCUT2D eigenvalue weighted by Gasteiger charge is 2.22. The molecule has 1 aromatic heterocycles. The lowest BCUT2D eigenvalue weighted by atomic mass is 10.1. The Labute approximate surface area is 130 Å². The Morgan fingerprint density at radius 2 is 1.95 bits per heavy atom. The van der Waals surface area contributed by atoms with Gasteiger partial charge in [-0.1, -0.05) is 23.7 Å². The topological polar surface area (TPSA) is 64.0 Å². The molecule has 0 spiro atoms. The predicted octanol–water partition coefficient (Wildman–Crippen LogP) is 2.28. The van der Waals surface area contributed by atoms with Gasteiger partial charge in [-0.2, -0.15) is 0 Å². The molecule has 3 aromatic rings. The number of nitrogens with one attached hydrogen (secondary N) is 1. The molecule has 0 unspecified atom stereocenters. The second-order valence-corrected chi connectivity index (χ2v) is 5.47. The zero-order valence-corrected chi connectivity index (χ0v) is 12.1. The highest BCUT2D eigenvalue weighted by Crippen LogP contribution is 2.23. The maximum Gasteiger partial charge on any atom is 0.266 e. The Morgan fingerprint density at radius 1 is 1.14 bits per heavy atom. The van der Waals surface area contributed by atoms with E-state index in [0.29, 0.717) is 33.0 Å². The fourth-order valence-corrected chi connectivity index (χ4v) is 2.85. The molecule has 2 heterocycles. The van der Waals surface area contributed by atoms with Crippen LogP contribution in [-0.2, 0) is 6.54 Å². The molecule has 0 fully saturated rings. The van der Waals surface area contributed by atoms with Crippen LogP contribution in [0.25, 0.3) is 16.6 Å². The Morgan fingerprint density at radius 3 is 2.82 bits per heavy atom. The molecule has 1 aliphatic heterocycles. The maximum atomic E-state index is 12.8. The molecule has 0 saturated heterocycles. The van der Waals surface area contributed by atoms with Gasteiger partial charge >= 0.3 is 0 Å². The average Bonchev–Trinajstić information content (AvgIpc) is 2.65. The second kappa shape index (κ2) is 4.68. The van der Waals surface area contributed by atoms with Crippen molar-refractivity contribution < 1.29 is 4.79 Å². The highest BCUT2D eigenvalue weighted by molar-refractivity contribution is 6.31. The summed E-state index contributed by atoms with van der Waals surface area (Å²) < 4.78 is 1.46. The number of benzene rings is 2. The van der Waals surface area contributed by atoms with Crippen LogP contribution in [0.2, 0.25) is 5.02 Å². The van der Waals surface area contributed by atoms with E-state index in [0.717, 1.165) is 0 Å². The van der Waals surface area contributed by atoms with Gasteiger partial charge in [-0.05, 0) is 30.3 Å². The van der Waals surface area contributed by atoms with Crippen LogP contribution in [0.15, 0.2) is 47.3 Å². The minimum Gasteiger partial charge on any atom is -0.345 e. The van der Waals surface area contributed by atoms with Crippen LogP contribution >= 0.6 is 11.6 Å². The summed E-state index contributed by atoms with van der Waals surface area (Å²) in [5.74, 6) is 0.235. The van der Waals surface area contributed by atoms with Gasteiger partial charge in [-0.3, -0.25) is 14.2 Å². The molecule has 0 radical (unpaired) electrons. The summed E-state index contributed by atoms with van der Waals surface area (Å²) in [6.07, 6.45) is 0. The number of para-hydroxylation sites is 1. The monoisotopic (exact) mass is 311 g/mol. The van der Waals surface area contributed by atoms with Gasteiger partial charge in [-0.25, -0.2) is 4.98 Å². The minimum atomic E-state index is -0.249. The van der Waals surface area contributed by atoms with E-state index in [9.17, 15) is 9.59 Å². The molecule has 4 rings (SSSR count). The molecular formula is C16H10ClN3O2. The molecule has 1 N–H and O–H groups in total. The fourth-order valence-electron chi connectivity index (χ4n) is 2.68. The third-order valence-electron chi connectivity index (χ3n) is 3.70. The van der Waals surface area contributed by atoms with E-state index in [-0.39, 0.29) is 18.0 Å². The lowest BCUT2D eigenvalue weighted by Crippen LogP contribution is -2.25. The summed E-state index contributed by atoms with van der Waals surface area (Å²) in [4.78, 5) is 29.5. The van der Waals surface area contributed by atoms with Crippen molar-refractivity contribution >= 4 is 28.4 Å². The molecule has 2 aromatic carbocycles. The van der Waals surface area contributed by atoms with Gasteiger partial charge in [0.2, 0.25) is 0 Å². The van der Waals surface area contributed by atoms with Crippen LogP contribution in [0.3, 0.4) is 0 Å². The van der Waals surface area contributed by atoms with E-state index in [2.05, 4.69) is 10.3 Å². The van der Waals surface area contributed by atoms with Gasteiger partial charge in [0.25, 0.3) is 11.5 Å². The Kier molecular flexibility index (Phi) is 2.77. The van der Waals surface area contributed by atoms with Crippen molar-refractivity contribution in [2.24, 2.45) is 0 Å². The molecule has 6 heteroatoms.